The maximum Gasteiger partial charge on any atom is 0.104 e. The lowest BCUT2D eigenvalue weighted by Crippen LogP contribution is -2.45. The van der Waals surface area contributed by atoms with E-state index >= 15 is 0 Å². The van der Waals surface area contributed by atoms with Gasteiger partial charge in [0.2, 0.25) is 0 Å². The Kier molecular flexibility index (Phi) is 13.0. The minimum absolute atomic E-state index is 0.191. The normalized spacial score (nSPS) is 13.7. The summed E-state index contributed by atoms with van der Waals surface area (Å²) in [5.41, 5.74) is 0. The van der Waals surface area contributed by atoms with Crippen LogP contribution < -0.4 is 0 Å². The number of aliphatic hydroxyl groups is 1. The molecule has 1 unspecified atom stereocenters. The van der Waals surface area contributed by atoms with E-state index in [1.165, 1.54) is 70.8 Å². The second-order valence-corrected chi connectivity index (χ2v) is 7.29. The molecule has 0 aromatic carbocycles. The van der Waals surface area contributed by atoms with Gasteiger partial charge in [0.1, 0.15) is 12.6 Å². The highest BCUT2D eigenvalue weighted by Gasteiger charge is 2.16. The lowest BCUT2D eigenvalue weighted by Gasteiger charge is -2.31. The van der Waals surface area contributed by atoms with Crippen LogP contribution in [0.3, 0.4) is 0 Å². The highest BCUT2D eigenvalue weighted by atomic mass is 35.5. The van der Waals surface area contributed by atoms with Gasteiger partial charge >= 0.3 is 0 Å². The average molecular weight is 307 g/mol. The van der Waals surface area contributed by atoms with E-state index in [0.717, 1.165) is 16.9 Å². The Morgan fingerprint density at radius 2 is 1.20 bits per heavy atom. The Bertz CT molecular complexity index is 207. The van der Waals surface area contributed by atoms with Crippen LogP contribution in [0.2, 0.25) is 0 Å². The molecule has 0 rings (SSSR count). The van der Waals surface area contributed by atoms with Crippen LogP contribution >= 0.6 is 11.6 Å². The van der Waals surface area contributed by atoms with Crippen LogP contribution in [0.25, 0.3) is 0 Å². The van der Waals surface area contributed by atoms with E-state index in [2.05, 4.69) is 14.1 Å². The number of hydrogen-bond acceptors (Lipinski definition) is 1. The van der Waals surface area contributed by atoms with Crippen molar-refractivity contribution in [1.29, 1.82) is 0 Å². The molecule has 1 N–H and O–H groups in total. The second-order valence-electron chi connectivity index (χ2n) is 6.92. The molecule has 0 aliphatic carbocycles. The van der Waals surface area contributed by atoms with Gasteiger partial charge in [0, 0.05) is 5.88 Å². The van der Waals surface area contributed by atoms with Crippen LogP contribution in [0.4, 0.5) is 0 Å². The summed E-state index contributed by atoms with van der Waals surface area (Å²) in [7, 11) is 4.43. The van der Waals surface area contributed by atoms with Crippen molar-refractivity contribution in [2.24, 2.45) is 0 Å². The number of halogens is 1. The molecule has 0 saturated carbocycles. The van der Waals surface area contributed by atoms with E-state index in [-0.39, 0.29) is 6.10 Å². The number of alkyl halides is 1. The third kappa shape index (κ3) is 14.6. The number of quaternary nitrogens is 1. The average Bonchev–Trinajstić information content (AvgIpc) is 2.34. The third-order valence-corrected chi connectivity index (χ3v) is 4.17. The quantitative estimate of drug-likeness (QED) is 0.283. The van der Waals surface area contributed by atoms with E-state index < -0.39 is 0 Å². The van der Waals surface area contributed by atoms with Crippen molar-refractivity contribution in [2.45, 2.75) is 77.2 Å². The van der Waals surface area contributed by atoms with E-state index in [4.69, 9.17) is 11.6 Å². The zero-order valence-electron chi connectivity index (χ0n) is 14.0. The first-order valence-electron chi connectivity index (χ1n) is 8.54. The Labute approximate surface area is 132 Å². The van der Waals surface area contributed by atoms with Crippen LogP contribution in [0.5, 0.6) is 0 Å². The molecule has 0 amide bonds. The smallest absolute Gasteiger partial charge is 0.104 e. The molecule has 122 valence electrons. The first kappa shape index (κ1) is 20.2. The summed E-state index contributed by atoms with van der Waals surface area (Å²) in [6.45, 7) is 3.93. The molecule has 0 spiro atoms. The second kappa shape index (κ2) is 12.9. The van der Waals surface area contributed by atoms with Crippen molar-refractivity contribution in [3.63, 3.8) is 0 Å². The standard InChI is InChI=1S/C17H37ClNO/c1-17(20)16-19(2,3)15-13-11-9-7-5-4-6-8-10-12-14-18/h17,20H,4-16H2,1-3H3/q+1. The van der Waals surface area contributed by atoms with Crippen LogP contribution in [0, 0.1) is 0 Å². The zero-order chi connectivity index (χ0) is 15.3. The van der Waals surface area contributed by atoms with Gasteiger partial charge in [-0.3, -0.25) is 0 Å². The molecule has 0 bridgehead atoms. The van der Waals surface area contributed by atoms with Gasteiger partial charge in [0.25, 0.3) is 0 Å². The first-order valence-corrected chi connectivity index (χ1v) is 9.07. The van der Waals surface area contributed by atoms with E-state index in [0.29, 0.717) is 0 Å². The fraction of sp³-hybridized carbons (Fsp3) is 1.00. The third-order valence-electron chi connectivity index (χ3n) is 3.91. The highest BCUT2D eigenvalue weighted by Crippen LogP contribution is 2.12. The van der Waals surface area contributed by atoms with Gasteiger partial charge in [0.05, 0.1) is 20.6 Å². The van der Waals surface area contributed by atoms with E-state index in [1.807, 2.05) is 6.92 Å². The lowest BCUT2D eigenvalue weighted by atomic mass is 10.1. The van der Waals surface area contributed by atoms with Gasteiger partial charge in [-0.05, 0) is 26.2 Å². The van der Waals surface area contributed by atoms with Crippen molar-refractivity contribution >= 4 is 11.6 Å². The van der Waals surface area contributed by atoms with Crippen molar-refractivity contribution in [3.8, 4) is 0 Å². The minimum atomic E-state index is -0.191. The molecule has 0 aromatic rings. The molecule has 2 nitrogen and oxygen atoms in total. The van der Waals surface area contributed by atoms with Gasteiger partial charge in [-0.2, -0.15) is 0 Å². The highest BCUT2D eigenvalue weighted by molar-refractivity contribution is 6.17. The molecule has 0 saturated heterocycles. The largest absolute Gasteiger partial charge is 0.388 e. The molecule has 0 aliphatic rings. The summed E-state index contributed by atoms with van der Waals surface area (Å²) in [5.74, 6) is 0.823. The maximum absolute atomic E-state index is 9.44. The molecule has 3 heteroatoms. The van der Waals surface area contributed by atoms with Crippen molar-refractivity contribution in [2.75, 3.05) is 33.1 Å². The fourth-order valence-electron chi connectivity index (χ4n) is 2.86. The summed E-state index contributed by atoms with van der Waals surface area (Å²) in [4.78, 5) is 0. The first-order chi connectivity index (χ1) is 9.48. The van der Waals surface area contributed by atoms with Crippen LogP contribution in [-0.4, -0.2) is 48.8 Å². The topological polar surface area (TPSA) is 20.2 Å². The number of nitrogens with zero attached hydrogens (tertiary/aromatic N) is 1. The summed E-state index contributed by atoms with van der Waals surface area (Å²) in [6.07, 6.45) is 13.2. The fourth-order valence-corrected chi connectivity index (χ4v) is 3.04. The Hall–Kier alpha value is 0.210. The molecule has 0 aliphatic heterocycles. The van der Waals surface area contributed by atoms with Crippen LogP contribution in [0.15, 0.2) is 0 Å². The maximum atomic E-state index is 9.44. The molecule has 20 heavy (non-hydrogen) atoms. The molecule has 0 aromatic heterocycles. The van der Waals surface area contributed by atoms with Gasteiger partial charge in [0.15, 0.2) is 0 Å². The van der Waals surface area contributed by atoms with Gasteiger partial charge < -0.3 is 9.59 Å². The van der Waals surface area contributed by atoms with Gasteiger partial charge in [-0.1, -0.05) is 44.9 Å². The number of unbranched alkanes of at least 4 members (excludes halogenated alkanes) is 9. The Balaban J connectivity index is 3.24. The Morgan fingerprint density at radius 1 is 0.800 bits per heavy atom. The van der Waals surface area contributed by atoms with Gasteiger partial charge in [-0.25, -0.2) is 0 Å². The summed E-state index contributed by atoms with van der Waals surface area (Å²) in [5, 5.41) is 9.44. The van der Waals surface area contributed by atoms with Crippen LogP contribution in [-0.2, 0) is 0 Å². The summed E-state index contributed by atoms with van der Waals surface area (Å²) < 4.78 is 0.943. The number of aliphatic hydroxyl groups excluding tert-OH is 1. The predicted octanol–water partition coefficient (Wildman–Crippen LogP) is 4.58. The van der Waals surface area contributed by atoms with E-state index in [1.54, 1.807) is 0 Å². The SMILES string of the molecule is CC(O)C[N+](C)(C)CCCCCCCCCCCCCl. The van der Waals surface area contributed by atoms with Crippen molar-refractivity contribution < 1.29 is 9.59 Å². The predicted molar refractivity (Wildman–Crippen MR) is 90.4 cm³/mol. The molecule has 1 atom stereocenters. The summed E-state index contributed by atoms with van der Waals surface area (Å²) in [6, 6.07) is 0. The monoisotopic (exact) mass is 306 g/mol. The molecular weight excluding hydrogens is 270 g/mol. The molecule has 0 heterocycles. The molecular formula is C17H37ClNO+. The lowest BCUT2D eigenvalue weighted by molar-refractivity contribution is -0.893. The van der Waals surface area contributed by atoms with Gasteiger partial charge in [-0.15, -0.1) is 11.6 Å². The Morgan fingerprint density at radius 3 is 1.60 bits per heavy atom. The summed E-state index contributed by atoms with van der Waals surface area (Å²) >= 11 is 5.66. The number of rotatable bonds is 14. The molecule has 0 radical (unpaired) electrons. The number of hydrogen-bond donors (Lipinski definition) is 1. The molecule has 0 fully saturated rings. The number of likely N-dealkylation sites (N-methyl/N-ethyl adjacent to an activating group) is 1. The van der Waals surface area contributed by atoms with Crippen molar-refractivity contribution in [1.82, 2.24) is 0 Å². The minimum Gasteiger partial charge on any atom is -0.388 e. The van der Waals surface area contributed by atoms with E-state index in [9.17, 15) is 5.11 Å². The van der Waals surface area contributed by atoms with Crippen molar-refractivity contribution in [3.05, 3.63) is 0 Å². The van der Waals surface area contributed by atoms with Crippen LogP contribution in [0.1, 0.15) is 71.1 Å². The zero-order valence-corrected chi connectivity index (χ0v) is 14.8.